The minimum absolute atomic E-state index is 0.264. The highest BCUT2D eigenvalue weighted by molar-refractivity contribution is 5.85. The van der Waals surface area contributed by atoms with Crippen molar-refractivity contribution in [3.8, 4) is 11.1 Å². The van der Waals surface area contributed by atoms with E-state index in [1.54, 1.807) is 35.4 Å². The molecule has 0 radical (unpaired) electrons. The molecule has 0 amide bonds. The first kappa shape index (κ1) is 16.1. The summed E-state index contributed by atoms with van der Waals surface area (Å²) in [5.74, 6) is -0.813. The summed E-state index contributed by atoms with van der Waals surface area (Å²) in [4.78, 5) is 8.61. The first-order chi connectivity index (χ1) is 12.5. The van der Waals surface area contributed by atoms with Crippen molar-refractivity contribution in [3.63, 3.8) is 0 Å². The molecule has 0 saturated carbocycles. The number of fused-ring (bicyclic) bond motifs is 1. The Balaban J connectivity index is 1.97. The van der Waals surface area contributed by atoms with Gasteiger partial charge in [0.2, 0.25) is 0 Å². The summed E-state index contributed by atoms with van der Waals surface area (Å²) in [6.45, 7) is 1.92. The second kappa shape index (κ2) is 6.18. The third kappa shape index (κ3) is 2.88. The van der Waals surface area contributed by atoms with Gasteiger partial charge in [-0.25, -0.2) is 13.8 Å². The van der Waals surface area contributed by atoms with Crippen LogP contribution in [-0.4, -0.2) is 19.7 Å². The number of hydrogen-bond acceptors (Lipinski definition) is 4. The molecule has 4 aromatic rings. The van der Waals surface area contributed by atoms with E-state index in [4.69, 9.17) is 5.73 Å². The summed E-state index contributed by atoms with van der Waals surface area (Å²) in [6.07, 6.45) is 5.94. The zero-order valence-electron chi connectivity index (χ0n) is 13.9. The van der Waals surface area contributed by atoms with Gasteiger partial charge in [0.05, 0.1) is 35.3 Å². The number of nitrogen functional groups attached to an aromatic ring is 1. The van der Waals surface area contributed by atoms with E-state index in [2.05, 4.69) is 15.1 Å². The molecule has 0 aliphatic rings. The maximum Gasteiger partial charge on any atom is 0.142 e. The summed E-state index contributed by atoms with van der Waals surface area (Å²) in [5.41, 5.74) is 8.83. The van der Waals surface area contributed by atoms with Crippen LogP contribution in [-0.2, 0) is 0 Å². The van der Waals surface area contributed by atoms with Gasteiger partial charge in [0.1, 0.15) is 11.6 Å². The number of nitrogens with two attached hydrogens (primary N) is 1. The van der Waals surface area contributed by atoms with Gasteiger partial charge in [-0.2, -0.15) is 5.10 Å². The summed E-state index contributed by atoms with van der Waals surface area (Å²) < 4.78 is 29.0. The van der Waals surface area contributed by atoms with E-state index in [9.17, 15) is 8.78 Å². The molecule has 130 valence electrons. The quantitative estimate of drug-likeness (QED) is 0.606. The lowest BCUT2D eigenvalue weighted by Gasteiger charge is -2.17. The second-order valence-corrected chi connectivity index (χ2v) is 6.08. The lowest BCUT2D eigenvalue weighted by molar-refractivity contribution is 0.554. The molecule has 0 unspecified atom stereocenters. The molecule has 2 N–H and O–H groups in total. The minimum atomic E-state index is -0.455. The van der Waals surface area contributed by atoms with Crippen LogP contribution < -0.4 is 5.73 Å². The normalized spacial score (nSPS) is 12.4. The Bertz CT molecular complexity index is 1110. The van der Waals surface area contributed by atoms with Gasteiger partial charge in [0.15, 0.2) is 0 Å². The van der Waals surface area contributed by atoms with Crippen molar-refractivity contribution in [2.24, 2.45) is 0 Å². The molecular weight excluding hydrogens is 336 g/mol. The van der Waals surface area contributed by atoms with Gasteiger partial charge in [0.25, 0.3) is 0 Å². The van der Waals surface area contributed by atoms with Gasteiger partial charge >= 0.3 is 0 Å². The van der Waals surface area contributed by atoms with Gasteiger partial charge in [-0.05, 0) is 37.3 Å². The first-order valence-electron chi connectivity index (χ1n) is 8.02. The van der Waals surface area contributed by atoms with Crippen molar-refractivity contribution < 1.29 is 8.78 Å². The second-order valence-electron chi connectivity index (χ2n) is 6.08. The van der Waals surface area contributed by atoms with Crippen molar-refractivity contribution in [3.05, 3.63) is 72.4 Å². The highest BCUT2D eigenvalue weighted by Crippen LogP contribution is 2.32. The van der Waals surface area contributed by atoms with Gasteiger partial charge < -0.3 is 5.73 Å². The van der Waals surface area contributed by atoms with Crippen LogP contribution in [0.1, 0.15) is 18.7 Å². The van der Waals surface area contributed by atoms with Gasteiger partial charge in [-0.3, -0.25) is 9.67 Å². The first-order valence-corrected chi connectivity index (χ1v) is 8.02. The zero-order chi connectivity index (χ0) is 18.3. The largest absolute Gasteiger partial charge is 0.396 e. The number of hydrogen-bond donors (Lipinski definition) is 1. The number of nitrogens with zero attached hydrogens (tertiary/aromatic N) is 4. The number of pyridine rings is 2. The summed E-state index contributed by atoms with van der Waals surface area (Å²) in [6, 6.07) is 7.29. The molecule has 0 spiro atoms. The maximum absolute atomic E-state index is 13.7. The van der Waals surface area contributed by atoms with Crippen LogP contribution >= 0.6 is 0 Å². The molecular formula is C19H15F2N5. The van der Waals surface area contributed by atoms with Crippen LogP contribution in [0.4, 0.5) is 14.5 Å². The van der Waals surface area contributed by atoms with Crippen molar-refractivity contribution in [1.29, 1.82) is 0 Å². The standard InChI is InChI=1S/C19H15F2N5/c1-11(26-10-16(22)9-24-26)19-17(13-5-15(21)8-23-7-13)6-12-4-14(20)2-3-18(12)25-19/h2-11H,22H2,1H3/t11-/m0/s1. The molecule has 7 heteroatoms. The van der Waals surface area contributed by atoms with E-state index in [-0.39, 0.29) is 11.9 Å². The van der Waals surface area contributed by atoms with Crippen molar-refractivity contribution in [1.82, 2.24) is 19.7 Å². The Hall–Kier alpha value is -3.35. The Kier molecular flexibility index (Phi) is 3.84. The Morgan fingerprint density at radius 2 is 1.88 bits per heavy atom. The molecule has 1 aromatic carbocycles. The fourth-order valence-corrected chi connectivity index (χ4v) is 2.96. The van der Waals surface area contributed by atoms with Crippen LogP contribution in [0.15, 0.2) is 55.1 Å². The van der Waals surface area contributed by atoms with E-state index in [0.717, 1.165) is 6.20 Å². The van der Waals surface area contributed by atoms with Crippen LogP contribution in [0.3, 0.4) is 0 Å². The topological polar surface area (TPSA) is 69.6 Å². The van der Waals surface area contributed by atoms with Crippen LogP contribution in [0.2, 0.25) is 0 Å². The van der Waals surface area contributed by atoms with Crippen LogP contribution in [0, 0.1) is 11.6 Å². The predicted molar refractivity (Wildman–Crippen MR) is 95.3 cm³/mol. The summed E-state index contributed by atoms with van der Waals surface area (Å²) >= 11 is 0. The summed E-state index contributed by atoms with van der Waals surface area (Å²) in [7, 11) is 0. The van der Waals surface area contributed by atoms with Crippen molar-refractivity contribution >= 4 is 16.6 Å². The fourth-order valence-electron chi connectivity index (χ4n) is 2.96. The number of aromatic nitrogens is 4. The molecule has 3 heterocycles. The van der Waals surface area contributed by atoms with Gasteiger partial charge in [0, 0.05) is 28.9 Å². The molecule has 0 fully saturated rings. The molecule has 0 saturated heterocycles. The zero-order valence-corrected chi connectivity index (χ0v) is 13.9. The molecule has 3 aromatic heterocycles. The third-order valence-electron chi connectivity index (χ3n) is 4.24. The van der Waals surface area contributed by atoms with E-state index in [0.29, 0.717) is 33.4 Å². The highest BCUT2D eigenvalue weighted by Gasteiger charge is 2.18. The van der Waals surface area contributed by atoms with E-state index < -0.39 is 5.82 Å². The Morgan fingerprint density at radius 1 is 1.04 bits per heavy atom. The average molecular weight is 351 g/mol. The number of halogens is 2. The minimum Gasteiger partial charge on any atom is -0.396 e. The summed E-state index contributed by atoms with van der Waals surface area (Å²) in [5, 5.41) is 4.87. The van der Waals surface area contributed by atoms with Crippen molar-refractivity contribution in [2.45, 2.75) is 13.0 Å². The van der Waals surface area contributed by atoms with Crippen molar-refractivity contribution in [2.75, 3.05) is 5.73 Å². The number of benzene rings is 1. The monoisotopic (exact) mass is 351 g/mol. The Morgan fingerprint density at radius 3 is 2.62 bits per heavy atom. The molecule has 5 nitrogen and oxygen atoms in total. The molecule has 1 atom stereocenters. The van der Waals surface area contributed by atoms with Crippen LogP contribution in [0.25, 0.3) is 22.0 Å². The lowest BCUT2D eigenvalue weighted by atomic mass is 9.99. The Labute approximate surface area is 148 Å². The third-order valence-corrected chi connectivity index (χ3v) is 4.24. The van der Waals surface area contributed by atoms with E-state index >= 15 is 0 Å². The molecule has 26 heavy (non-hydrogen) atoms. The smallest absolute Gasteiger partial charge is 0.142 e. The van der Waals surface area contributed by atoms with Gasteiger partial charge in [-0.1, -0.05) is 0 Å². The molecule has 0 aliphatic heterocycles. The van der Waals surface area contributed by atoms with E-state index in [1.807, 2.05) is 6.92 Å². The lowest BCUT2D eigenvalue weighted by Crippen LogP contribution is -2.11. The highest BCUT2D eigenvalue weighted by atomic mass is 19.1. The average Bonchev–Trinajstić information content (AvgIpc) is 3.06. The predicted octanol–water partition coefficient (Wildman–Crippen LogP) is 3.96. The number of anilines is 1. The SMILES string of the molecule is C[C@@H](c1nc2ccc(F)cc2cc1-c1cncc(F)c1)n1cc(N)cn1. The number of rotatable bonds is 3. The van der Waals surface area contributed by atoms with Gasteiger partial charge in [-0.15, -0.1) is 0 Å². The maximum atomic E-state index is 13.7. The molecule has 4 rings (SSSR count). The van der Waals surface area contributed by atoms with Crippen LogP contribution in [0.5, 0.6) is 0 Å². The fraction of sp³-hybridized carbons (Fsp3) is 0.105. The molecule has 0 bridgehead atoms. The molecule has 0 aliphatic carbocycles. The van der Waals surface area contributed by atoms with E-state index in [1.165, 1.54) is 18.2 Å².